The maximum absolute atomic E-state index is 9.59. The van der Waals surface area contributed by atoms with Crippen LogP contribution in [0, 0.1) is 24.2 Å². The molecule has 0 heterocycles. The van der Waals surface area contributed by atoms with E-state index >= 15 is 0 Å². The number of aliphatic hydroxyl groups excluding tert-OH is 1. The Bertz CT molecular complexity index is 749. The molecule has 1 aromatic rings. The van der Waals surface area contributed by atoms with Gasteiger partial charge in [-0.25, -0.2) is 0 Å². The first kappa shape index (κ1) is 26.8. The van der Waals surface area contributed by atoms with Gasteiger partial charge in [-0.15, -0.1) is 12.3 Å². The lowest BCUT2D eigenvalue weighted by Crippen LogP contribution is -2.44. The number of aliphatic hydroxyl groups is 1. The molecule has 0 fully saturated rings. The van der Waals surface area contributed by atoms with Crippen LogP contribution in [0.2, 0.25) is 36.3 Å². The maximum Gasteiger partial charge on any atom is 0.250 e. The summed E-state index contributed by atoms with van der Waals surface area (Å²) in [5, 5.41) is 9.80. The molecule has 5 heteroatoms. The minimum absolute atomic E-state index is 0.0380. The Kier molecular flexibility index (Phi) is 8.49. The molecule has 1 aromatic carbocycles. The van der Waals surface area contributed by atoms with Crippen molar-refractivity contribution in [2.45, 2.75) is 91.2 Å². The zero-order chi connectivity index (χ0) is 23.5. The monoisotopic (exact) mass is 448 g/mol. The van der Waals surface area contributed by atoms with Gasteiger partial charge in [0.1, 0.15) is 11.5 Å². The van der Waals surface area contributed by atoms with E-state index in [0.717, 1.165) is 17.1 Å². The predicted octanol–water partition coefficient (Wildman–Crippen LogP) is 6.87. The van der Waals surface area contributed by atoms with E-state index in [1.165, 1.54) is 0 Å². The van der Waals surface area contributed by atoms with Crippen molar-refractivity contribution in [3.8, 4) is 23.8 Å². The van der Waals surface area contributed by atoms with Gasteiger partial charge < -0.3 is 14.0 Å². The van der Waals surface area contributed by atoms with Crippen LogP contribution in [0.1, 0.15) is 54.0 Å². The second-order valence-corrected chi connectivity index (χ2v) is 21.1. The van der Waals surface area contributed by atoms with Crippen LogP contribution in [0.5, 0.6) is 11.5 Å². The van der Waals surface area contributed by atoms with Crippen LogP contribution in [0.4, 0.5) is 0 Å². The van der Waals surface area contributed by atoms with Crippen molar-refractivity contribution in [1.82, 2.24) is 0 Å². The molecule has 0 spiro atoms. The third-order valence-corrected chi connectivity index (χ3v) is 15.7. The molecule has 0 aromatic heterocycles. The van der Waals surface area contributed by atoms with E-state index in [1.54, 1.807) is 0 Å². The van der Waals surface area contributed by atoms with Gasteiger partial charge in [0.2, 0.25) is 16.6 Å². The van der Waals surface area contributed by atoms with Gasteiger partial charge in [-0.05, 0) is 60.2 Å². The second-order valence-electron chi connectivity index (χ2n) is 11.6. The first-order chi connectivity index (χ1) is 13.4. The standard InChI is InChI=1S/C25H44O3Si2/c1-13-20(19(2)18-26)16-21-14-15-22(27-29(9,10)24(3,4)5)17-23(21)28-30(11,12)25(6,7)8/h1,14-15,17,19-20,26H,16,18H2,2-12H3/t19-,20+/m0/s1. The smallest absolute Gasteiger partial charge is 0.250 e. The van der Waals surface area contributed by atoms with E-state index in [-0.39, 0.29) is 28.5 Å². The summed E-state index contributed by atoms with van der Waals surface area (Å²) in [6.07, 6.45) is 6.48. The summed E-state index contributed by atoms with van der Waals surface area (Å²) in [5.74, 6) is 4.61. The van der Waals surface area contributed by atoms with Crippen molar-refractivity contribution >= 4 is 16.6 Å². The lowest BCUT2D eigenvalue weighted by molar-refractivity contribution is 0.209. The highest BCUT2D eigenvalue weighted by molar-refractivity contribution is 6.75. The number of hydrogen-bond acceptors (Lipinski definition) is 3. The Morgan fingerprint density at radius 1 is 0.967 bits per heavy atom. The van der Waals surface area contributed by atoms with E-state index in [1.807, 2.05) is 13.0 Å². The van der Waals surface area contributed by atoms with Crippen LogP contribution < -0.4 is 8.85 Å². The molecule has 30 heavy (non-hydrogen) atoms. The van der Waals surface area contributed by atoms with Crippen molar-refractivity contribution < 1.29 is 14.0 Å². The SMILES string of the molecule is C#C[C@H](Cc1ccc(O[Si](C)(C)C(C)(C)C)cc1O[Si](C)(C)C(C)(C)C)[C@@H](C)CO. The minimum atomic E-state index is -2.04. The quantitative estimate of drug-likeness (QED) is 0.348. The first-order valence-electron chi connectivity index (χ1n) is 11.0. The summed E-state index contributed by atoms with van der Waals surface area (Å²) in [7, 11) is -3.99. The summed E-state index contributed by atoms with van der Waals surface area (Å²) in [6, 6.07) is 6.21. The molecule has 0 aliphatic heterocycles. The highest BCUT2D eigenvalue weighted by Crippen LogP contribution is 2.42. The Morgan fingerprint density at radius 3 is 1.90 bits per heavy atom. The molecule has 2 atom stereocenters. The molecule has 0 aliphatic rings. The van der Waals surface area contributed by atoms with Crippen LogP contribution in [0.15, 0.2) is 18.2 Å². The summed E-state index contributed by atoms with van der Waals surface area (Å²) in [5.41, 5.74) is 1.09. The second kappa shape index (κ2) is 9.50. The third kappa shape index (κ3) is 6.64. The fraction of sp³-hybridized carbons (Fsp3) is 0.680. The average molecular weight is 449 g/mol. The Balaban J connectivity index is 3.40. The van der Waals surface area contributed by atoms with E-state index in [2.05, 4.69) is 85.8 Å². The predicted molar refractivity (Wildman–Crippen MR) is 134 cm³/mol. The first-order valence-corrected chi connectivity index (χ1v) is 16.8. The van der Waals surface area contributed by atoms with E-state index in [0.29, 0.717) is 6.42 Å². The average Bonchev–Trinajstić information content (AvgIpc) is 2.57. The molecular formula is C25H44O3Si2. The topological polar surface area (TPSA) is 38.7 Å². The van der Waals surface area contributed by atoms with Crippen molar-refractivity contribution in [2.75, 3.05) is 6.61 Å². The van der Waals surface area contributed by atoms with Crippen molar-refractivity contribution in [2.24, 2.45) is 11.8 Å². The van der Waals surface area contributed by atoms with Crippen LogP contribution >= 0.6 is 0 Å². The highest BCUT2D eigenvalue weighted by Gasteiger charge is 2.41. The van der Waals surface area contributed by atoms with Gasteiger partial charge in [0.25, 0.3) is 0 Å². The van der Waals surface area contributed by atoms with Crippen LogP contribution in [-0.2, 0) is 6.42 Å². The molecule has 1 N–H and O–H groups in total. The summed E-state index contributed by atoms with van der Waals surface area (Å²) in [6.45, 7) is 24.6. The molecule has 0 radical (unpaired) electrons. The molecule has 0 bridgehead atoms. The van der Waals surface area contributed by atoms with Gasteiger partial charge in [0.05, 0.1) is 0 Å². The number of benzene rings is 1. The minimum Gasteiger partial charge on any atom is -0.543 e. The van der Waals surface area contributed by atoms with Crippen LogP contribution in [0.3, 0.4) is 0 Å². The number of hydrogen-bond donors (Lipinski definition) is 1. The molecule has 0 unspecified atom stereocenters. The fourth-order valence-electron chi connectivity index (χ4n) is 2.53. The summed E-state index contributed by atoms with van der Waals surface area (Å²) >= 11 is 0. The zero-order valence-electron chi connectivity index (χ0n) is 21.1. The normalized spacial score (nSPS) is 15.3. The van der Waals surface area contributed by atoms with Crippen LogP contribution in [-0.4, -0.2) is 28.3 Å². The molecule has 0 aliphatic carbocycles. The summed E-state index contributed by atoms with van der Waals surface area (Å²) < 4.78 is 13.3. The van der Waals surface area contributed by atoms with Crippen molar-refractivity contribution in [3.05, 3.63) is 23.8 Å². The largest absolute Gasteiger partial charge is 0.543 e. The molecule has 0 saturated carbocycles. The van der Waals surface area contributed by atoms with Gasteiger partial charge in [-0.1, -0.05) is 54.5 Å². The van der Waals surface area contributed by atoms with Crippen LogP contribution in [0.25, 0.3) is 0 Å². The van der Waals surface area contributed by atoms with E-state index < -0.39 is 16.6 Å². The highest BCUT2D eigenvalue weighted by atomic mass is 28.4. The fourth-order valence-corrected chi connectivity index (χ4v) is 4.59. The molecular weight excluding hydrogens is 404 g/mol. The van der Waals surface area contributed by atoms with Gasteiger partial charge in [0, 0.05) is 18.6 Å². The lowest BCUT2D eigenvalue weighted by atomic mass is 9.89. The van der Waals surface area contributed by atoms with Crippen molar-refractivity contribution in [3.63, 3.8) is 0 Å². The van der Waals surface area contributed by atoms with Gasteiger partial charge in [-0.2, -0.15) is 0 Å². The molecule has 170 valence electrons. The Labute approximate surface area is 187 Å². The van der Waals surface area contributed by atoms with E-state index in [4.69, 9.17) is 15.3 Å². The Hall–Kier alpha value is -1.23. The zero-order valence-corrected chi connectivity index (χ0v) is 23.1. The third-order valence-electron chi connectivity index (χ3n) is 7.02. The Morgan fingerprint density at radius 2 is 1.47 bits per heavy atom. The number of terminal acetylenes is 1. The maximum atomic E-state index is 9.59. The van der Waals surface area contributed by atoms with Gasteiger partial charge in [-0.3, -0.25) is 0 Å². The molecule has 1 rings (SSSR count). The lowest BCUT2D eigenvalue weighted by Gasteiger charge is -2.38. The molecule has 3 nitrogen and oxygen atoms in total. The summed E-state index contributed by atoms with van der Waals surface area (Å²) in [4.78, 5) is 0. The molecule has 0 saturated heterocycles. The van der Waals surface area contributed by atoms with Gasteiger partial charge >= 0.3 is 0 Å². The molecule has 0 amide bonds. The van der Waals surface area contributed by atoms with Gasteiger partial charge in [0.15, 0.2) is 0 Å². The number of rotatable bonds is 8. The van der Waals surface area contributed by atoms with E-state index in [9.17, 15) is 5.11 Å². The van der Waals surface area contributed by atoms with Crippen molar-refractivity contribution in [1.29, 1.82) is 0 Å².